The Morgan fingerprint density at radius 1 is 1.19 bits per heavy atom. The minimum atomic E-state index is -0.159. The number of piperazine rings is 1. The second-order valence-corrected chi connectivity index (χ2v) is 6.21. The Labute approximate surface area is 158 Å². The van der Waals surface area contributed by atoms with Crippen molar-refractivity contribution in [3.05, 3.63) is 47.9 Å². The van der Waals surface area contributed by atoms with Gasteiger partial charge < -0.3 is 19.9 Å². The third-order valence-corrected chi connectivity index (χ3v) is 4.51. The molecule has 0 saturated carbocycles. The topological polar surface area (TPSA) is 87.7 Å². The van der Waals surface area contributed by atoms with Gasteiger partial charge in [0.15, 0.2) is 0 Å². The zero-order valence-corrected chi connectivity index (χ0v) is 15.3. The Bertz CT molecular complexity index is 773. The van der Waals surface area contributed by atoms with Crippen LogP contribution in [0.25, 0.3) is 0 Å². The fraction of sp³-hybridized carbons (Fsp3) is 0.368. The van der Waals surface area contributed by atoms with Gasteiger partial charge in [0.2, 0.25) is 6.41 Å². The molecule has 0 spiro atoms. The Kier molecular flexibility index (Phi) is 6.19. The largest absolute Gasteiger partial charge is 0.496 e. The molecule has 1 fully saturated rings. The third kappa shape index (κ3) is 4.72. The highest BCUT2D eigenvalue weighted by molar-refractivity contribution is 5.92. The van der Waals surface area contributed by atoms with Gasteiger partial charge in [-0.15, -0.1) is 0 Å². The van der Waals surface area contributed by atoms with E-state index in [1.807, 2.05) is 24.3 Å². The van der Waals surface area contributed by atoms with Crippen molar-refractivity contribution in [3.63, 3.8) is 0 Å². The molecule has 1 saturated heterocycles. The summed E-state index contributed by atoms with van der Waals surface area (Å²) < 4.78 is 5.34. The lowest BCUT2D eigenvalue weighted by molar-refractivity contribution is -0.119. The molecule has 1 N–H and O–H groups in total. The number of rotatable bonds is 7. The molecule has 0 aliphatic carbocycles. The summed E-state index contributed by atoms with van der Waals surface area (Å²) in [5, 5.41) is 3.20. The van der Waals surface area contributed by atoms with Gasteiger partial charge in [-0.1, -0.05) is 18.2 Å². The number of nitrogens with zero attached hydrogens (tertiary/aromatic N) is 4. The van der Waals surface area contributed by atoms with Gasteiger partial charge in [0.1, 0.15) is 17.3 Å². The van der Waals surface area contributed by atoms with Crippen LogP contribution in [0.15, 0.2) is 36.7 Å². The molecule has 2 heterocycles. The minimum Gasteiger partial charge on any atom is -0.496 e. The van der Waals surface area contributed by atoms with Crippen LogP contribution in [0.4, 0.5) is 5.82 Å². The van der Waals surface area contributed by atoms with Gasteiger partial charge in [-0.05, 0) is 18.1 Å². The van der Waals surface area contributed by atoms with E-state index >= 15 is 0 Å². The van der Waals surface area contributed by atoms with Crippen LogP contribution in [0.2, 0.25) is 0 Å². The van der Waals surface area contributed by atoms with Crippen molar-refractivity contribution in [3.8, 4) is 5.75 Å². The molecule has 142 valence electrons. The van der Waals surface area contributed by atoms with E-state index in [2.05, 4.69) is 15.3 Å². The van der Waals surface area contributed by atoms with Crippen molar-refractivity contribution >= 4 is 18.1 Å². The van der Waals surface area contributed by atoms with Gasteiger partial charge in [0.05, 0.1) is 19.5 Å². The SMILES string of the molecule is COc1ccccc1CCNc1cnc(C(=O)N2CCN(C=O)CC2)cn1. The van der Waals surface area contributed by atoms with Crippen molar-refractivity contribution in [2.75, 3.05) is 45.2 Å². The van der Waals surface area contributed by atoms with Crippen LogP contribution >= 0.6 is 0 Å². The number of hydrogen-bond acceptors (Lipinski definition) is 6. The lowest BCUT2D eigenvalue weighted by Gasteiger charge is -2.32. The van der Waals surface area contributed by atoms with Gasteiger partial charge in [-0.3, -0.25) is 9.59 Å². The molecular formula is C19H23N5O3. The highest BCUT2D eigenvalue weighted by atomic mass is 16.5. The molecule has 3 rings (SSSR count). The quantitative estimate of drug-likeness (QED) is 0.734. The summed E-state index contributed by atoms with van der Waals surface area (Å²) >= 11 is 0. The van der Waals surface area contributed by atoms with E-state index in [4.69, 9.17) is 4.74 Å². The van der Waals surface area contributed by atoms with Gasteiger partial charge in [-0.25, -0.2) is 9.97 Å². The maximum Gasteiger partial charge on any atom is 0.274 e. The van der Waals surface area contributed by atoms with E-state index in [1.165, 1.54) is 6.20 Å². The van der Waals surface area contributed by atoms with Crippen molar-refractivity contribution in [1.29, 1.82) is 0 Å². The summed E-state index contributed by atoms with van der Waals surface area (Å²) in [6.07, 6.45) is 4.65. The molecule has 8 heteroatoms. The second kappa shape index (κ2) is 8.98. The maximum atomic E-state index is 12.5. The van der Waals surface area contributed by atoms with Crippen LogP contribution in [0.3, 0.4) is 0 Å². The van der Waals surface area contributed by atoms with Crippen molar-refractivity contribution < 1.29 is 14.3 Å². The van der Waals surface area contributed by atoms with E-state index in [1.54, 1.807) is 23.1 Å². The average molecular weight is 369 g/mol. The first kappa shape index (κ1) is 18.6. The summed E-state index contributed by atoms with van der Waals surface area (Å²) in [5.74, 6) is 1.32. The molecule has 1 aromatic heterocycles. The number of nitrogens with one attached hydrogen (secondary N) is 1. The number of carbonyl (C=O) groups is 2. The monoisotopic (exact) mass is 369 g/mol. The summed E-state index contributed by atoms with van der Waals surface area (Å²) in [4.78, 5) is 35.1. The summed E-state index contributed by atoms with van der Waals surface area (Å²) in [6.45, 7) is 2.79. The molecule has 0 bridgehead atoms. The van der Waals surface area contributed by atoms with Crippen molar-refractivity contribution in [1.82, 2.24) is 19.8 Å². The second-order valence-electron chi connectivity index (χ2n) is 6.21. The van der Waals surface area contributed by atoms with E-state index in [9.17, 15) is 9.59 Å². The molecule has 27 heavy (non-hydrogen) atoms. The van der Waals surface area contributed by atoms with Crippen molar-refractivity contribution in [2.24, 2.45) is 0 Å². The van der Waals surface area contributed by atoms with E-state index in [-0.39, 0.29) is 5.91 Å². The smallest absolute Gasteiger partial charge is 0.274 e. The summed E-state index contributed by atoms with van der Waals surface area (Å²) in [5.41, 5.74) is 1.42. The number of aromatic nitrogens is 2. The van der Waals surface area contributed by atoms with Crippen LogP contribution in [0.1, 0.15) is 16.1 Å². The molecule has 8 nitrogen and oxygen atoms in total. The Balaban J connectivity index is 1.51. The first-order chi connectivity index (χ1) is 13.2. The number of hydrogen-bond donors (Lipinski definition) is 1. The fourth-order valence-electron chi connectivity index (χ4n) is 2.96. The van der Waals surface area contributed by atoms with Crippen LogP contribution in [0.5, 0.6) is 5.75 Å². The average Bonchev–Trinajstić information content (AvgIpc) is 2.74. The van der Waals surface area contributed by atoms with E-state index in [0.717, 1.165) is 24.1 Å². The van der Waals surface area contributed by atoms with Crippen LogP contribution in [0, 0.1) is 0 Å². The van der Waals surface area contributed by atoms with Gasteiger partial charge in [-0.2, -0.15) is 0 Å². The number of anilines is 1. The molecule has 0 unspecified atom stereocenters. The standard InChI is InChI=1S/C19H23N5O3/c1-27-17-5-3-2-4-15(17)6-7-20-18-13-21-16(12-22-18)19(26)24-10-8-23(14-25)9-11-24/h2-5,12-14H,6-11H2,1H3,(H,20,22). The minimum absolute atomic E-state index is 0.159. The number of para-hydroxylation sites is 1. The van der Waals surface area contributed by atoms with Gasteiger partial charge in [0, 0.05) is 32.7 Å². The van der Waals surface area contributed by atoms with E-state index in [0.29, 0.717) is 44.2 Å². The predicted molar refractivity (Wildman–Crippen MR) is 101 cm³/mol. The highest BCUT2D eigenvalue weighted by Gasteiger charge is 2.22. The van der Waals surface area contributed by atoms with E-state index < -0.39 is 0 Å². The number of amides is 2. The molecule has 2 amide bonds. The van der Waals surface area contributed by atoms with Gasteiger partial charge >= 0.3 is 0 Å². The molecule has 1 aliphatic rings. The lowest BCUT2D eigenvalue weighted by atomic mass is 10.1. The number of ether oxygens (including phenoxy) is 1. The summed E-state index contributed by atoms with van der Waals surface area (Å²) in [6, 6.07) is 7.88. The van der Waals surface area contributed by atoms with Crippen molar-refractivity contribution in [2.45, 2.75) is 6.42 Å². The van der Waals surface area contributed by atoms with Crippen LogP contribution in [-0.4, -0.2) is 71.9 Å². The zero-order valence-electron chi connectivity index (χ0n) is 15.3. The number of methoxy groups -OCH3 is 1. The predicted octanol–water partition coefficient (Wildman–Crippen LogP) is 1.05. The third-order valence-electron chi connectivity index (χ3n) is 4.51. The molecule has 1 aromatic carbocycles. The number of benzene rings is 1. The molecule has 1 aliphatic heterocycles. The first-order valence-electron chi connectivity index (χ1n) is 8.87. The Morgan fingerprint density at radius 3 is 2.63 bits per heavy atom. The first-order valence-corrected chi connectivity index (χ1v) is 8.87. The maximum absolute atomic E-state index is 12.5. The normalized spacial score (nSPS) is 14.0. The zero-order chi connectivity index (χ0) is 19.1. The van der Waals surface area contributed by atoms with Gasteiger partial charge in [0.25, 0.3) is 5.91 Å². The lowest BCUT2D eigenvalue weighted by Crippen LogP contribution is -2.48. The molecule has 0 radical (unpaired) electrons. The highest BCUT2D eigenvalue weighted by Crippen LogP contribution is 2.17. The molecular weight excluding hydrogens is 346 g/mol. The molecule has 2 aromatic rings. The Morgan fingerprint density at radius 2 is 1.96 bits per heavy atom. The molecule has 0 atom stereocenters. The summed E-state index contributed by atoms with van der Waals surface area (Å²) in [7, 11) is 1.66. The fourth-order valence-corrected chi connectivity index (χ4v) is 2.96. The van der Waals surface area contributed by atoms with Crippen LogP contribution < -0.4 is 10.1 Å². The van der Waals surface area contributed by atoms with Crippen LogP contribution in [-0.2, 0) is 11.2 Å². The number of carbonyl (C=O) groups excluding carboxylic acids is 2. The Hall–Kier alpha value is -3.16.